The Balaban J connectivity index is 2.38. The lowest BCUT2D eigenvalue weighted by Gasteiger charge is -2.23. The number of nitrogens with zero attached hydrogens (tertiary/aromatic N) is 1. The number of para-hydroxylation sites is 1. The zero-order valence-corrected chi connectivity index (χ0v) is 17.1. The highest BCUT2D eigenvalue weighted by molar-refractivity contribution is 5.33. The fourth-order valence-electron chi connectivity index (χ4n) is 3.19. The van der Waals surface area contributed by atoms with Crippen molar-refractivity contribution in [3.63, 3.8) is 0 Å². The first-order valence-corrected chi connectivity index (χ1v) is 10.4. The number of aliphatic hydroxyl groups is 3. The largest absolute Gasteiger partial charge is 0.491 e. The van der Waals surface area contributed by atoms with Crippen LogP contribution < -0.4 is 4.74 Å². The molecule has 0 spiro atoms. The summed E-state index contributed by atoms with van der Waals surface area (Å²) in [6, 6.07) is 8.04. The van der Waals surface area contributed by atoms with Gasteiger partial charge in [0.05, 0.1) is 13.2 Å². The molecule has 27 heavy (non-hydrogen) atoms. The molecule has 5 heteroatoms. The fourth-order valence-corrected chi connectivity index (χ4v) is 3.19. The molecule has 0 heterocycles. The summed E-state index contributed by atoms with van der Waals surface area (Å²) in [7, 11) is 0. The van der Waals surface area contributed by atoms with E-state index in [1.807, 2.05) is 23.1 Å². The van der Waals surface area contributed by atoms with Gasteiger partial charge in [-0.3, -0.25) is 4.90 Å². The van der Waals surface area contributed by atoms with Crippen LogP contribution in [-0.2, 0) is 6.42 Å². The van der Waals surface area contributed by atoms with Gasteiger partial charge in [-0.25, -0.2) is 0 Å². The van der Waals surface area contributed by atoms with Gasteiger partial charge in [0.15, 0.2) is 0 Å². The van der Waals surface area contributed by atoms with E-state index in [1.165, 1.54) is 31.2 Å². The van der Waals surface area contributed by atoms with Gasteiger partial charge in [-0.2, -0.15) is 0 Å². The Morgan fingerprint density at radius 2 is 1.63 bits per heavy atom. The molecule has 5 nitrogen and oxygen atoms in total. The summed E-state index contributed by atoms with van der Waals surface area (Å²) in [4.78, 5) is 1.83. The molecule has 0 aliphatic rings. The van der Waals surface area contributed by atoms with Gasteiger partial charge in [0, 0.05) is 19.6 Å². The first kappa shape index (κ1) is 23.9. The normalized spacial score (nSPS) is 12.7. The van der Waals surface area contributed by atoms with E-state index in [4.69, 9.17) is 14.9 Å². The van der Waals surface area contributed by atoms with Gasteiger partial charge in [0.25, 0.3) is 0 Å². The Morgan fingerprint density at radius 1 is 0.963 bits per heavy atom. The van der Waals surface area contributed by atoms with Crippen molar-refractivity contribution in [3.05, 3.63) is 29.8 Å². The Bertz CT molecular complexity index is 475. The lowest BCUT2D eigenvalue weighted by Crippen LogP contribution is -2.38. The van der Waals surface area contributed by atoms with Crippen LogP contribution in [0.15, 0.2) is 24.3 Å². The van der Waals surface area contributed by atoms with E-state index in [2.05, 4.69) is 19.9 Å². The first-order valence-electron chi connectivity index (χ1n) is 10.4. The number of unbranched alkanes of at least 4 members (excludes halogenated alkanes) is 3. The van der Waals surface area contributed by atoms with Crippen LogP contribution in [-0.4, -0.2) is 65.8 Å². The summed E-state index contributed by atoms with van der Waals surface area (Å²) >= 11 is 0. The average molecular weight is 382 g/mol. The van der Waals surface area contributed by atoms with Crippen molar-refractivity contribution in [2.24, 2.45) is 5.92 Å². The molecule has 1 rings (SSSR count). The highest BCUT2D eigenvalue weighted by Gasteiger charge is 2.13. The van der Waals surface area contributed by atoms with Crippen molar-refractivity contribution in [1.82, 2.24) is 4.90 Å². The highest BCUT2D eigenvalue weighted by Crippen LogP contribution is 2.21. The van der Waals surface area contributed by atoms with Crippen molar-refractivity contribution in [3.8, 4) is 5.75 Å². The summed E-state index contributed by atoms with van der Waals surface area (Å²) in [5, 5.41) is 28.3. The predicted octanol–water partition coefficient (Wildman–Crippen LogP) is 2.86. The first-order chi connectivity index (χ1) is 13.1. The molecule has 0 aliphatic heterocycles. The van der Waals surface area contributed by atoms with Gasteiger partial charge in [-0.05, 0) is 30.4 Å². The quantitative estimate of drug-likeness (QED) is 0.384. The molecule has 0 saturated heterocycles. The minimum Gasteiger partial charge on any atom is -0.491 e. The van der Waals surface area contributed by atoms with Crippen LogP contribution in [0.3, 0.4) is 0 Å². The molecule has 1 unspecified atom stereocenters. The van der Waals surface area contributed by atoms with Gasteiger partial charge < -0.3 is 20.1 Å². The van der Waals surface area contributed by atoms with E-state index in [9.17, 15) is 5.11 Å². The smallest absolute Gasteiger partial charge is 0.122 e. The van der Waals surface area contributed by atoms with Crippen LogP contribution >= 0.6 is 0 Å². The molecule has 0 aliphatic carbocycles. The molecule has 3 N–H and O–H groups in total. The van der Waals surface area contributed by atoms with Gasteiger partial charge in [0.1, 0.15) is 18.5 Å². The monoisotopic (exact) mass is 381 g/mol. The number of aryl methyl sites for hydroxylation is 1. The Labute approximate surface area is 165 Å². The molecule has 0 saturated carbocycles. The minimum absolute atomic E-state index is 0.00752. The maximum Gasteiger partial charge on any atom is 0.122 e. The zero-order chi connectivity index (χ0) is 19.9. The minimum atomic E-state index is -0.660. The van der Waals surface area contributed by atoms with Crippen molar-refractivity contribution < 1.29 is 20.1 Å². The van der Waals surface area contributed by atoms with Gasteiger partial charge in [0.2, 0.25) is 0 Å². The van der Waals surface area contributed by atoms with Crippen LogP contribution in [0, 0.1) is 5.92 Å². The zero-order valence-electron chi connectivity index (χ0n) is 17.1. The summed E-state index contributed by atoms with van der Waals surface area (Å²) in [6.45, 7) is 6.01. The molecule has 0 amide bonds. The Hall–Kier alpha value is -1.14. The summed E-state index contributed by atoms with van der Waals surface area (Å²) in [5.74, 6) is 1.63. The lowest BCUT2D eigenvalue weighted by molar-refractivity contribution is 0.0549. The molecule has 0 bridgehead atoms. The van der Waals surface area contributed by atoms with Crippen LogP contribution in [0.5, 0.6) is 5.75 Å². The molecule has 1 atom stereocenters. The van der Waals surface area contributed by atoms with E-state index in [0.717, 1.165) is 24.5 Å². The maximum absolute atomic E-state index is 10.2. The molecular weight excluding hydrogens is 342 g/mol. The molecule has 0 radical (unpaired) electrons. The third-order valence-electron chi connectivity index (χ3n) is 4.68. The van der Waals surface area contributed by atoms with Crippen LogP contribution in [0.2, 0.25) is 0 Å². The second-order valence-electron chi connectivity index (χ2n) is 7.67. The Kier molecular flexibility index (Phi) is 13.2. The number of hydrogen-bond acceptors (Lipinski definition) is 5. The second kappa shape index (κ2) is 14.9. The molecule has 0 aromatic heterocycles. The van der Waals surface area contributed by atoms with Crippen LogP contribution in [0.1, 0.15) is 51.5 Å². The topological polar surface area (TPSA) is 73.2 Å². The summed E-state index contributed by atoms with van der Waals surface area (Å²) in [6.07, 6.45) is 6.62. The van der Waals surface area contributed by atoms with E-state index in [-0.39, 0.29) is 19.8 Å². The molecular formula is C22H39NO4. The van der Waals surface area contributed by atoms with Crippen molar-refractivity contribution in [1.29, 1.82) is 0 Å². The number of benzene rings is 1. The second-order valence-corrected chi connectivity index (χ2v) is 7.67. The molecule has 0 fully saturated rings. The SMILES string of the molecule is CC(C)CCCCCCc1ccccc1OCC(O)CN(CCO)CCO. The van der Waals surface area contributed by atoms with Crippen molar-refractivity contribution in [2.75, 3.05) is 39.5 Å². The molecule has 1 aromatic carbocycles. The van der Waals surface area contributed by atoms with Crippen LogP contribution in [0.25, 0.3) is 0 Å². The fraction of sp³-hybridized carbons (Fsp3) is 0.727. The average Bonchev–Trinajstić information content (AvgIpc) is 2.64. The summed E-state index contributed by atoms with van der Waals surface area (Å²) < 4.78 is 5.86. The predicted molar refractivity (Wildman–Crippen MR) is 110 cm³/mol. The number of ether oxygens (including phenoxy) is 1. The third-order valence-corrected chi connectivity index (χ3v) is 4.68. The standard InChI is InChI=1S/C22H39NO4/c1-19(2)9-5-3-4-6-10-20-11-7-8-12-22(20)27-18-21(26)17-23(13-15-24)14-16-25/h7-8,11-12,19,21,24-26H,3-6,9-10,13-18H2,1-2H3. The number of aliphatic hydroxyl groups excluding tert-OH is 3. The van der Waals surface area contributed by atoms with Crippen molar-refractivity contribution in [2.45, 2.75) is 58.5 Å². The number of rotatable bonds is 16. The molecule has 1 aromatic rings. The van der Waals surface area contributed by atoms with Gasteiger partial charge in [-0.1, -0.05) is 57.7 Å². The molecule has 156 valence electrons. The maximum atomic E-state index is 10.2. The van der Waals surface area contributed by atoms with E-state index < -0.39 is 6.10 Å². The van der Waals surface area contributed by atoms with E-state index >= 15 is 0 Å². The Morgan fingerprint density at radius 3 is 2.30 bits per heavy atom. The van der Waals surface area contributed by atoms with Crippen molar-refractivity contribution >= 4 is 0 Å². The van der Waals surface area contributed by atoms with E-state index in [1.54, 1.807) is 0 Å². The number of hydrogen-bond donors (Lipinski definition) is 3. The third kappa shape index (κ3) is 11.3. The van der Waals surface area contributed by atoms with Crippen LogP contribution in [0.4, 0.5) is 0 Å². The van der Waals surface area contributed by atoms with E-state index in [0.29, 0.717) is 19.6 Å². The summed E-state index contributed by atoms with van der Waals surface area (Å²) in [5.41, 5.74) is 1.19. The van der Waals surface area contributed by atoms with Gasteiger partial charge >= 0.3 is 0 Å². The highest BCUT2D eigenvalue weighted by atomic mass is 16.5. The van der Waals surface area contributed by atoms with Gasteiger partial charge in [-0.15, -0.1) is 0 Å². The lowest BCUT2D eigenvalue weighted by atomic mass is 10.0.